The Kier molecular flexibility index (Phi) is 5.01. The molecular weight excluding hydrogens is 304 g/mol. The van der Waals surface area contributed by atoms with Crippen molar-refractivity contribution in [2.75, 3.05) is 18.4 Å². The molecule has 2 amide bonds. The van der Waals surface area contributed by atoms with Gasteiger partial charge < -0.3 is 20.1 Å². The van der Waals surface area contributed by atoms with E-state index in [-0.39, 0.29) is 6.03 Å². The van der Waals surface area contributed by atoms with Crippen molar-refractivity contribution < 1.29 is 14.6 Å². The van der Waals surface area contributed by atoms with Crippen LogP contribution in [0.2, 0.25) is 0 Å². The zero-order valence-electron chi connectivity index (χ0n) is 13.7. The highest BCUT2D eigenvalue weighted by atomic mass is 16.5. The van der Waals surface area contributed by atoms with Crippen LogP contribution >= 0.6 is 0 Å². The smallest absolute Gasteiger partial charge is 0.321 e. The van der Waals surface area contributed by atoms with Crippen molar-refractivity contribution in [1.29, 1.82) is 0 Å². The molecule has 0 aliphatic carbocycles. The number of hydrogen-bond donors (Lipinski definition) is 2. The highest BCUT2D eigenvalue weighted by Crippen LogP contribution is 2.20. The molecule has 24 heavy (non-hydrogen) atoms. The van der Waals surface area contributed by atoms with Gasteiger partial charge in [-0.1, -0.05) is 30.3 Å². The van der Waals surface area contributed by atoms with Gasteiger partial charge in [0.25, 0.3) is 0 Å². The van der Waals surface area contributed by atoms with Gasteiger partial charge in [-0.05, 0) is 36.6 Å². The predicted octanol–water partition coefficient (Wildman–Crippen LogP) is 3.17. The Morgan fingerprint density at radius 1 is 1.29 bits per heavy atom. The lowest BCUT2D eigenvalue weighted by atomic mass is 10.1. The average Bonchev–Trinajstić information content (AvgIpc) is 3.01. The number of nitrogens with one attached hydrogen (secondary N) is 1. The van der Waals surface area contributed by atoms with Crippen molar-refractivity contribution in [3.63, 3.8) is 0 Å². The Morgan fingerprint density at radius 3 is 2.88 bits per heavy atom. The Labute approximate surface area is 141 Å². The van der Waals surface area contributed by atoms with Crippen LogP contribution in [0.5, 0.6) is 5.75 Å². The molecule has 2 aromatic carbocycles. The number of amides is 2. The molecule has 1 atom stereocenters. The molecule has 5 nitrogen and oxygen atoms in total. The first-order valence-electron chi connectivity index (χ1n) is 8.13. The van der Waals surface area contributed by atoms with Crippen LogP contribution in [-0.2, 0) is 6.61 Å². The van der Waals surface area contributed by atoms with Crippen LogP contribution in [0.15, 0.2) is 48.5 Å². The van der Waals surface area contributed by atoms with E-state index < -0.39 is 6.10 Å². The number of likely N-dealkylation sites (tertiary alicyclic amines) is 1. The molecule has 0 unspecified atom stereocenters. The highest BCUT2D eigenvalue weighted by Gasteiger charge is 2.24. The summed E-state index contributed by atoms with van der Waals surface area (Å²) in [5.74, 6) is 0.706. The number of carbonyl (C=O) groups excluding carboxylic acids is 1. The fourth-order valence-corrected chi connectivity index (χ4v) is 2.73. The van der Waals surface area contributed by atoms with E-state index >= 15 is 0 Å². The van der Waals surface area contributed by atoms with Gasteiger partial charge in [0, 0.05) is 24.8 Å². The number of benzene rings is 2. The van der Waals surface area contributed by atoms with Gasteiger partial charge in [-0.2, -0.15) is 0 Å². The van der Waals surface area contributed by atoms with E-state index in [2.05, 4.69) is 18.3 Å². The van der Waals surface area contributed by atoms with E-state index in [1.807, 2.05) is 42.5 Å². The van der Waals surface area contributed by atoms with Crippen molar-refractivity contribution in [3.8, 4) is 5.75 Å². The van der Waals surface area contributed by atoms with Crippen LogP contribution in [0.25, 0.3) is 0 Å². The Balaban J connectivity index is 1.60. The Morgan fingerprint density at radius 2 is 2.12 bits per heavy atom. The maximum Gasteiger partial charge on any atom is 0.321 e. The maximum absolute atomic E-state index is 12.2. The van der Waals surface area contributed by atoms with E-state index in [1.165, 1.54) is 5.56 Å². The number of β-amino-alcohol motifs (C(OH)–C–C–N with tert-alkyl or cyclic N) is 1. The number of urea groups is 1. The molecule has 1 saturated heterocycles. The number of ether oxygens (including phenoxy) is 1. The lowest BCUT2D eigenvalue weighted by molar-refractivity contribution is 0.176. The molecule has 1 fully saturated rings. The zero-order chi connectivity index (χ0) is 16.9. The van der Waals surface area contributed by atoms with E-state index in [4.69, 9.17) is 4.74 Å². The summed E-state index contributed by atoms with van der Waals surface area (Å²) in [5.41, 5.74) is 3.01. The maximum atomic E-state index is 12.2. The Hall–Kier alpha value is -2.53. The van der Waals surface area contributed by atoms with Gasteiger partial charge in [0.2, 0.25) is 0 Å². The number of aliphatic hydroxyl groups excluding tert-OH is 1. The van der Waals surface area contributed by atoms with Crippen molar-refractivity contribution in [2.45, 2.75) is 26.1 Å². The van der Waals surface area contributed by atoms with Gasteiger partial charge >= 0.3 is 6.03 Å². The molecule has 1 heterocycles. The van der Waals surface area contributed by atoms with Crippen LogP contribution in [0, 0.1) is 6.92 Å². The fraction of sp³-hybridized carbons (Fsp3) is 0.316. The van der Waals surface area contributed by atoms with E-state index in [1.54, 1.807) is 4.90 Å². The monoisotopic (exact) mass is 326 g/mol. The molecule has 3 rings (SSSR count). The second-order valence-corrected chi connectivity index (χ2v) is 6.06. The molecule has 5 heteroatoms. The lowest BCUT2D eigenvalue weighted by Crippen LogP contribution is -2.33. The minimum absolute atomic E-state index is 0.192. The first-order chi connectivity index (χ1) is 11.6. The molecule has 1 aliphatic rings. The summed E-state index contributed by atoms with van der Waals surface area (Å²) in [7, 11) is 0. The lowest BCUT2D eigenvalue weighted by Gasteiger charge is -2.17. The molecular formula is C19H22N2O3. The normalized spacial score (nSPS) is 16.9. The average molecular weight is 326 g/mol. The zero-order valence-corrected chi connectivity index (χ0v) is 13.7. The third-order valence-corrected chi connectivity index (χ3v) is 4.19. The molecule has 0 spiro atoms. The van der Waals surface area contributed by atoms with Crippen molar-refractivity contribution in [2.24, 2.45) is 0 Å². The van der Waals surface area contributed by atoms with Gasteiger partial charge in [-0.25, -0.2) is 4.79 Å². The van der Waals surface area contributed by atoms with Crippen LogP contribution in [0.3, 0.4) is 0 Å². The topological polar surface area (TPSA) is 61.8 Å². The number of aryl methyl sites for hydroxylation is 1. The summed E-state index contributed by atoms with van der Waals surface area (Å²) in [6, 6.07) is 15.3. The molecule has 126 valence electrons. The molecule has 0 saturated carbocycles. The molecule has 2 N–H and O–H groups in total. The molecule has 2 aromatic rings. The van der Waals surface area contributed by atoms with Crippen molar-refractivity contribution >= 4 is 11.7 Å². The summed E-state index contributed by atoms with van der Waals surface area (Å²) < 4.78 is 5.83. The van der Waals surface area contributed by atoms with E-state index in [9.17, 15) is 9.90 Å². The predicted molar refractivity (Wildman–Crippen MR) is 93.2 cm³/mol. The fourth-order valence-electron chi connectivity index (χ4n) is 2.73. The summed E-state index contributed by atoms with van der Waals surface area (Å²) in [6.07, 6.45) is 0.215. The van der Waals surface area contributed by atoms with Crippen LogP contribution in [0.1, 0.15) is 17.5 Å². The van der Waals surface area contributed by atoms with Crippen molar-refractivity contribution in [3.05, 3.63) is 59.7 Å². The summed E-state index contributed by atoms with van der Waals surface area (Å²) in [5, 5.41) is 12.4. The number of hydrogen-bond acceptors (Lipinski definition) is 3. The molecule has 0 bridgehead atoms. The molecule has 1 aliphatic heterocycles. The second-order valence-electron chi connectivity index (χ2n) is 6.06. The van der Waals surface area contributed by atoms with Gasteiger partial charge in [0.05, 0.1) is 6.10 Å². The SMILES string of the molecule is Cc1ccccc1COc1cccc(NC(=O)N2CC[C@@H](O)C2)c1. The second kappa shape index (κ2) is 7.36. The van der Waals surface area contributed by atoms with Gasteiger partial charge in [0.1, 0.15) is 12.4 Å². The third-order valence-electron chi connectivity index (χ3n) is 4.19. The minimum atomic E-state index is -0.417. The quantitative estimate of drug-likeness (QED) is 0.907. The van der Waals surface area contributed by atoms with Crippen LogP contribution < -0.4 is 10.1 Å². The van der Waals surface area contributed by atoms with Gasteiger partial charge in [0.15, 0.2) is 0 Å². The van der Waals surface area contributed by atoms with Gasteiger partial charge in [-0.3, -0.25) is 0 Å². The number of aliphatic hydroxyl groups is 1. The third kappa shape index (κ3) is 4.06. The van der Waals surface area contributed by atoms with Crippen molar-refractivity contribution in [1.82, 2.24) is 4.90 Å². The Bertz CT molecular complexity index is 717. The molecule has 0 radical (unpaired) electrons. The largest absolute Gasteiger partial charge is 0.489 e. The summed E-state index contributed by atoms with van der Waals surface area (Å²) >= 11 is 0. The number of anilines is 1. The summed E-state index contributed by atoms with van der Waals surface area (Å²) in [4.78, 5) is 13.8. The first-order valence-corrected chi connectivity index (χ1v) is 8.13. The van der Waals surface area contributed by atoms with E-state index in [0.717, 1.165) is 5.56 Å². The standard InChI is InChI=1S/C19H22N2O3/c1-14-5-2-3-6-15(14)13-24-18-8-4-7-16(11-18)20-19(23)21-10-9-17(22)12-21/h2-8,11,17,22H,9-10,12-13H2,1H3,(H,20,23)/t17-/m1/s1. The number of nitrogens with zero attached hydrogens (tertiary/aromatic N) is 1. The molecule has 0 aromatic heterocycles. The van der Waals surface area contributed by atoms with E-state index in [0.29, 0.717) is 37.6 Å². The highest BCUT2D eigenvalue weighted by molar-refractivity contribution is 5.89. The number of carbonyl (C=O) groups is 1. The summed E-state index contributed by atoms with van der Waals surface area (Å²) in [6.45, 7) is 3.51. The van der Waals surface area contributed by atoms with Crippen LogP contribution in [-0.4, -0.2) is 35.2 Å². The number of rotatable bonds is 4. The minimum Gasteiger partial charge on any atom is -0.489 e. The van der Waals surface area contributed by atoms with Crippen LogP contribution in [0.4, 0.5) is 10.5 Å². The first kappa shape index (κ1) is 16.3. The van der Waals surface area contributed by atoms with Gasteiger partial charge in [-0.15, -0.1) is 0 Å².